The molecule has 0 aliphatic rings. The van der Waals surface area contributed by atoms with Gasteiger partial charge in [-0.1, -0.05) is 30.3 Å². The highest BCUT2D eigenvalue weighted by Gasteiger charge is 2.24. The Morgan fingerprint density at radius 1 is 1.14 bits per heavy atom. The third kappa shape index (κ3) is 3.69. The molecule has 5 N–H and O–H groups in total. The highest BCUT2D eigenvalue weighted by atomic mass is 16.2. The maximum Gasteiger partial charge on any atom is 0.255 e. The molecule has 0 saturated carbocycles. The number of carbonyl (C=O) groups is 3. The van der Waals surface area contributed by atoms with Gasteiger partial charge < -0.3 is 16.8 Å². The molecular formula is C14H15N5O3. The number of amides is 3. The Bertz CT molecular complexity index is 682. The lowest BCUT2D eigenvalue weighted by Crippen LogP contribution is -2.52. The molecule has 1 heterocycles. The van der Waals surface area contributed by atoms with Gasteiger partial charge in [0.25, 0.3) is 5.91 Å². The molecule has 0 bridgehead atoms. The van der Waals surface area contributed by atoms with Crippen molar-refractivity contribution in [1.29, 1.82) is 0 Å². The SMILES string of the molecule is NC(=O)C(NC(=O)c1cnn(Cc2ccccc2)c1)C(N)=O. The summed E-state index contributed by atoms with van der Waals surface area (Å²) >= 11 is 0. The van der Waals surface area contributed by atoms with Crippen LogP contribution in [0, 0.1) is 0 Å². The van der Waals surface area contributed by atoms with Crippen molar-refractivity contribution in [3.8, 4) is 0 Å². The first-order chi connectivity index (χ1) is 10.5. The van der Waals surface area contributed by atoms with E-state index in [0.717, 1.165) is 5.56 Å². The second kappa shape index (κ2) is 6.53. The molecule has 8 nitrogen and oxygen atoms in total. The average Bonchev–Trinajstić information content (AvgIpc) is 2.93. The fourth-order valence-electron chi connectivity index (χ4n) is 1.83. The zero-order chi connectivity index (χ0) is 16.1. The van der Waals surface area contributed by atoms with Crippen LogP contribution >= 0.6 is 0 Å². The van der Waals surface area contributed by atoms with Gasteiger partial charge in [0.05, 0.1) is 18.3 Å². The van der Waals surface area contributed by atoms with E-state index >= 15 is 0 Å². The van der Waals surface area contributed by atoms with E-state index in [9.17, 15) is 14.4 Å². The molecule has 3 amide bonds. The fraction of sp³-hybridized carbons (Fsp3) is 0.143. The van der Waals surface area contributed by atoms with Gasteiger partial charge in [0.2, 0.25) is 11.8 Å². The summed E-state index contributed by atoms with van der Waals surface area (Å²) in [4.78, 5) is 34.0. The summed E-state index contributed by atoms with van der Waals surface area (Å²) in [5.74, 6) is -2.68. The highest BCUT2D eigenvalue weighted by molar-refractivity contribution is 6.07. The topological polar surface area (TPSA) is 133 Å². The van der Waals surface area contributed by atoms with E-state index in [1.54, 1.807) is 4.68 Å². The van der Waals surface area contributed by atoms with Crippen LogP contribution in [-0.2, 0) is 16.1 Å². The number of aromatic nitrogens is 2. The molecule has 0 saturated heterocycles. The molecule has 0 aliphatic heterocycles. The Balaban J connectivity index is 2.06. The van der Waals surface area contributed by atoms with E-state index in [2.05, 4.69) is 10.4 Å². The van der Waals surface area contributed by atoms with Crippen molar-refractivity contribution >= 4 is 17.7 Å². The number of benzene rings is 1. The lowest BCUT2D eigenvalue weighted by Gasteiger charge is -2.10. The van der Waals surface area contributed by atoms with E-state index in [4.69, 9.17) is 11.5 Å². The van der Waals surface area contributed by atoms with E-state index < -0.39 is 23.8 Å². The Hall–Kier alpha value is -3.16. The zero-order valence-electron chi connectivity index (χ0n) is 11.6. The second-order valence-corrected chi connectivity index (χ2v) is 4.62. The number of rotatable bonds is 6. The molecule has 114 valence electrons. The molecule has 0 spiro atoms. The van der Waals surface area contributed by atoms with Crippen molar-refractivity contribution in [3.05, 3.63) is 53.9 Å². The fourth-order valence-corrected chi connectivity index (χ4v) is 1.83. The predicted molar refractivity (Wildman–Crippen MR) is 77.4 cm³/mol. The molecule has 8 heteroatoms. The molecule has 0 radical (unpaired) electrons. The van der Waals surface area contributed by atoms with Gasteiger partial charge >= 0.3 is 0 Å². The van der Waals surface area contributed by atoms with Gasteiger partial charge in [-0.25, -0.2) is 0 Å². The lowest BCUT2D eigenvalue weighted by atomic mass is 10.2. The number of nitrogens with two attached hydrogens (primary N) is 2. The van der Waals surface area contributed by atoms with Gasteiger partial charge in [-0.2, -0.15) is 5.10 Å². The van der Waals surface area contributed by atoms with Gasteiger partial charge in [0, 0.05) is 6.20 Å². The number of hydrogen-bond donors (Lipinski definition) is 3. The smallest absolute Gasteiger partial charge is 0.255 e. The minimum absolute atomic E-state index is 0.198. The summed E-state index contributed by atoms with van der Waals surface area (Å²) in [6.45, 7) is 0.489. The highest BCUT2D eigenvalue weighted by Crippen LogP contribution is 2.04. The maximum absolute atomic E-state index is 11.9. The molecule has 0 aliphatic carbocycles. The molecular weight excluding hydrogens is 286 g/mol. The van der Waals surface area contributed by atoms with Crippen molar-refractivity contribution in [2.75, 3.05) is 0 Å². The Kier molecular flexibility index (Phi) is 4.52. The van der Waals surface area contributed by atoms with Crippen molar-refractivity contribution in [1.82, 2.24) is 15.1 Å². The first-order valence-corrected chi connectivity index (χ1v) is 6.43. The van der Waals surface area contributed by atoms with Crippen molar-refractivity contribution in [2.45, 2.75) is 12.6 Å². The maximum atomic E-state index is 11.9. The van der Waals surface area contributed by atoms with Crippen molar-refractivity contribution in [2.24, 2.45) is 11.5 Å². The average molecular weight is 301 g/mol. The van der Waals surface area contributed by atoms with Crippen LogP contribution in [0.15, 0.2) is 42.7 Å². The van der Waals surface area contributed by atoms with E-state index in [0.29, 0.717) is 6.54 Å². The minimum atomic E-state index is -1.55. The molecule has 2 aromatic rings. The lowest BCUT2D eigenvalue weighted by molar-refractivity contribution is -0.128. The third-order valence-corrected chi connectivity index (χ3v) is 2.93. The van der Waals surface area contributed by atoms with Crippen LogP contribution in [0.5, 0.6) is 0 Å². The van der Waals surface area contributed by atoms with Crippen LogP contribution in [0.2, 0.25) is 0 Å². The third-order valence-electron chi connectivity index (χ3n) is 2.93. The molecule has 1 aromatic carbocycles. The standard InChI is InChI=1S/C14H15N5O3/c15-12(20)11(13(16)21)18-14(22)10-6-17-19(8-10)7-9-4-2-1-3-5-9/h1-6,8,11H,7H2,(H2,15,20)(H2,16,21)(H,18,22). The quantitative estimate of drug-likeness (QED) is 0.590. The molecule has 22 heavy (non-hydrogen) atoms. The normalized spacial score (nSPS) is 10.4. The van der Waals surface area contributed by atoms with Gasteiger partial charge in [0.1, 0.15) is 0 Å². The van der Waals surface area contributed by atoms with Crippen molar-refractivity contribution in [3.63, 3.8) is 0 Å². The van der Waals surface area contributed by atoms with Gasteiger partial charge in [-0.15, -0.1) is 0 Å². The summed E-state index contributed by atoms with van der Waals surface area (Å²) in [5.41, 5.74) is 11.2. The Morgan fingerprint density at radius 2 is 1.77 bits per heavy atom. The zero-order valence-corrected chi connectivity index (χ0v) is 11.6. The summed E-state index contributed by atoms with van der Waals surface area (Å²) in [6.07, 6.45) is 2.83. The minimum Gasteiger partial charge on any atom is -0.367 e. The number of hydrogen-bond acceptors (Lipinski definition) is 4. The van der Waals surface area contributed by atoms with Gasteiger partial charge in [-0.05, 0) is 5.56 Å². The summed E-state index contributed by atoms with van der Waals surface area (Å²) < 4.78 is 1.56. The first-order valence-electron chi connectivity index (χ1n) is 6.43. The number of nitrogens with zero attached hydrogens (tertiary/aromatic N) is 2. The summed E-state index contributed by atoms with van der Waals surface area (Å²) in [6, 6.07) is 8.01. The first kappa shape index (κ1) is 15.2. The van der Waals surface area contributed by atoms with E-state index in [-0.39, 0.29) is 5.56 Å². The van der Waals surface area contributed by atoms with E-state index in [1.807, 2.05) is 30.3 Å². The molecule has 1 aromatic heterocycles. The van der Waals surface area contributed by atoms with Crippen LogP contribution in [-0.4, -0.2) is 33.5 Å². The van der Waals surface area contributed by atoms with Crippen LogP contribution in [0.25, 0.3) is 0 Å². The monoisotopic (exact) mass is 301 g/mol. The van der Waals surface area contributed by atoms with Crippen molar-refractivity contribution < 1.29 is 14.4 Å². The van der Waals surface area contributed by atoms with Crippen LogP contribution in [0.1, 0.15) is 15.9 Å². The number of nitrogens with one attached hydrogen (secondary N) is 1. The van der Waals surface area contributed by atoms with E-state index in [1.165, 1.54) is 12.4 Å². The van der Waals surface area contributed by atoms with Gasteiger partial charge in [-0.3, -0.25) is 19.1 Å². The summed E-state index contributed by atoms with van der Waals surface area (Å²) in [7, 11) is 0. The molecule has 2 rings (SSSR count). The predicted octanol–water partition coefficient (Wildman–Crippen LogP) is -1.000. The number of carbonyl (C=O) groups excluding carboxylic acids is 3. The van der Waals surface area contributed by atoms with Gasteiger partial charge in [0.15, 0.2) is 6.04 Å². The second-order valence-electron chi connectivity index (χ2n) is 4.62. The molecule has 0 fully saturated rings. The number of primary amides is 2. The van der Waals surface area contributed by atoms with Crippen LogP contribution < -0.4 is 16.8 Å². The van der Waals surface area contributed by atoms with Crippen LogP contribution in [0.3, 0.4) is 0 Å². The Labute approximate surface area is 126 Å². The van der Waals surface area contributed by atoms with Crippen LogP contribution in [0.4, 0.5) is 0 Å². The largest absolute Gasteiger partial charge is 0.367 e. The molecule has 0 unspecified atom stereocenters. The summed E-state index contributed by atoms with van der Waals surface area (Å²) in [5, 5.41) is 6.22. The Morgan fingerprint density at radius 3 is 2.36 bits per heavy atom. The molecule has 0 atom stereocenters.